The van der Waals surface area contributed by atoms with Gasteiger partial charge in [0.05, 0.1) is 0 Å². The van der Waals surface area contributed by atoms with Crippen LogP contribution in [0.1, 0.15) is 55.4 Å². The molecule has 0 bridgehead atoms. The van der Waals surface area contributed by atoms with E-state index in [2.05, 4.69) is 0 Å². The summed E-state index contributed by atoms with van der Waals surface area (Å²) in [6.07, 6.45) is -0.546. The van der Waals surface area contributed by atoms with Crippen LogP contribution in [0.5, 0.6) is 0 Å². The van der Waals surface area contributed by atoms with Gasteiger partial charge in [0.25, 0.3) is 0 Å². The van der Waals surface area contributed by atoms with E-state index in [0.29, 0.717) is 38.0 Å². The molecular formula is C22H42N2O6. The van der Waals surface area contributed by atoms with Crippen LogP contribution in [0.3, 0.4) is 0 Å². The lowest BCUT2D eigenvalue weighted by Gasteiger charge is -2.24. The van der Waals surface area contributed by atoms with Gasteiger partial charge in [-0.3, -0.25) is 0 Å². The number of likely N-dealkylation sites (tertiary alicyclic amines) is 2. The summed E-state index contributed by atoms with van der Waals surface area (Å²) in [5.41, 5.74) is -0.894. The van der Waals surface area contributed by atoms with Crippen LogP contribution in [0.25, 0.3) is 0 Å². The molecule has 4 atom stereocenters. The summed E-state index contributed by atoms with van der Waals surface area (Å²) in [5.74, 6) is 1.08. The molecule has 2 rings (SSSR count). The zero-order chi connectivity index (χ0) is 23.3. The third-order valence-corrected chi connectivity index (χ3v) is 5.31. The monoisotopic (exact) mass is 430 g/mol. The molecule has 0 unspecified atom stereocenters. The number of carbonyl (C=O) groups excluding carboxylic acids is 2. The Morgan fingerprint density at radius 1 is 0.733 bits per heavy atom. The van der Waals surface area contributed by atoms with Crippen molar-refractivity contribution in [3.8, 4) is 0 Å². The Bertz CT molecular complexity index is 519. The van der Waals surface area contributed by atoms with Gasteiger partial charge in [0.15, 0.2) is 0 Å². The summed E-state index contributed by atoms with van der Waals surface area (Å²) in [6, 6.07) is 0. The van der Waals surface area contributed by atoms with E-state index >= 15 is 0 Å². The largest absolute Gasteiger partial charge is 0.444 e. The number of aliphatic hydroxyl groups is 2. The maximum atomic E-state index is 11.7. The van der Waals surface area contributed by atoms with Crippen LogP contribution in [0.15, 0.2) is 0 Å². The molecule has 2 aliphatic rings. The third-order valence-electron chi connectivity index (χ3n) is 5.31. The number of hydrogen-bond acceptors (Lipinski definition) is 6. The Balaban J connectivity index is 0.000000300. The quantitative estimate of drug-likeness (QED) is 0.699. The second-order valence-corrected chi connectivity index (χ2v) is 10.6. The van der Waals surface area contributed by atoms with Gasteiger partial charge in [0.2, 0.25) is 0 Å². The van der Waals surface area contributed by atoms with Crippen LogP contribution in [0.4, 0.5) is 9.59 Å². The first-order chi connectivity index (χ1) is 13.7. The van der Waals surface area contributed by atoms with E-state index in [1.807, 2.05) is 55.4 Å². The fourth-order valence-corrected chi connectivity index (χ4v) is 3.49. The van der Waals surface area contributed by atoms with Gasteiger partial charge in [-0.1, -0.05) is 13.8 Å². The van der Waals surface area contributed by atoms with E-state index < -0.39 is 11.2 Å². The molecule has 0 aromatic carbocycles. The van der Waals surface area contributed by atoms with Crippen LogP contribution in [0.2, 0.25) is 0 Å². The van der Waals surface area contributed by atoms with E-state index in [0.717, 1.165) is 0 Å². The number of amides is 2. The lowest BCUT2D eigenvalue weighted by atomic mass is 10.00. The summed E-state index contributed by atoms with van der Waals surface area (Å²) in [7, 11) is 0. The molecule has 30 heavy (non-hydrogen) atoms. The number of hydrogen-bond donors (Lipinski definition) is 2. The van der Waals surface area contributed by atoms with Crippen molar-refractivity contribution in [2.24, 2.45) is 23.7 Å². The Hall–Kier alpha value is -1.54. The maximum absolute atomic E-state index is 11.7. The van der Waals surface area contributed by atoms with Gasteiger partial charge >= 0.3 is 12.2 Å². The second-order valence-electron chi connectivity index (χ2n) is 10.6. The molecule has 8 nitrogen and oxygen atoms in total. The highest BCUT2D eigenvalue weighted by Gasteiger charge is 2.35. The number of ether oxygens (including phenoxy) is 2. The van der Waals surface area contributed by atoms with Crippen molar-refractivity contribution in [3.05, 3.63) is 0 Å². The fourth-order valence-electron chi connectivity index (χ4n) is 3.49. The standard InChI is InChI=1S/2C11H21NO3/c2*1-8-5-12(6-9(8)7-13)10(14)15-11(2,3)4/h2*8-9,13H,5-7H2,1-4H3/t2*8-,9+/m10/s1. The van der Waals surface area contributed by atoms with Crippen LogP contribution < -0.4 is 0 Å². The van der Waals surface area contributed by atoms with Crippen LogP contribution >= 0.6 is 0 Å². The normalized spacial score (nSPS) is 26.9. The Morgan fingerprint density at radius 3 is 1.23 bits per heavy atom. The molecule has 0 aromatic rings. The highest BCUT2D eigenvalue weighted by molar-refractivity contribution is 5.69. The third kappa shape index (κ3) is 8.68. The van der Waals surface area contributed by atoms with Crippen molar-refractivity contribution in [2.45, 2.75) is 66.6 Å². The van der Waals surface area contributed by atoms with Gasteiger partial charge < -0.3 is 29.5 Å². The molecule has 176 valence electrons. The van der Waals surface area contributed by atoms with Gasteiger partial charge in [-0.2, -0.15) is 0 Å². The molecule has 0 radical (unpaired) electrons. The first-order valence-electron chi connectivity index (χ1n) is 10.8. The molecular weight excluding hydrogens is 388 g/mol. The summed E-state index contributed by atoms with van der Waals surface area (Å²) < 4.78 is 10.5. The Morgan fingerprint density at radius 2 is 1.03 bits per heavy atom. The Kier molecular flexibility index (Phi) is 9.42. The maximum Gasteiger partial charge on any atom is 0.410 e. The summed E-state index contributed by atoms with van der Waals surface area (Å²) in [5, 5.41) is 18.2. The van der Waals surface area contributed by atoms with E-state index in [4.69, 9.17) is 19.7 Å². The molecule has 0 aliphatic carbocycles. The molecule has 8 heteroatoms. The van der Waals surface area contributed by atoms with Crippen molar-refractivity contribution in [1.29, 1.82) is 0 Å². The highest BCUT2D eigenvalue weighted by Crippen LogP contribution is 2.25. The molecule has 0 spiro atoms. The number of aliphatic hydroxyl groups excluding tert-OH is 2. The van der Waals surface area contributed by atoms with Gasteiger partial charge in [0.1, 0.15) is 11.2 Å². The van der Waals surface area contributed by atoms with E-state index in [9.17, 15) is 9.59 Å². The van der Waals surface area contributed by atoms with Gasteiger partial charge in [-0.05, 0) is 53.4 Å². The molecule has 2 amide bonds. The molecule has 2 saturated heterocycles. The second kappa shape index (κ2) is 10.7. The van der Waals surface area contributed by atoms with Crippen molar-refractivity contribution in [2.75, 3.05) is 39.4 Å². The lowest BCUT2D eigenvalue weighted by molar-refractivity contribution is 0.0270. The molecule has 2 N–H and O–H groups in total. The highest BCUT2D eigenvalue weighted by atomic mass is 16.6. The minimum atomic E-state index is -0.447. The molecule has 0 aromatic heterocycles. The van der Waals surface area contributed by atoms with Gasteiger partial charge in [-0.25, -0.2) is 9.59 Å². The average molecular weight is 431 g/mol. The SMILES string of the molecule is C[C@@H]1CN(C(=O)OC(C)(C)C)C[C@H]1CO.C[C@H]1CN(C(=O)OC(C)(C)C)C[C@@H]1CO. The molecule has 0 saturated carbocycles. The van der Waals surface area contributed by atoms with E-state index in [-0.39, 0.29) is 37.2 Å². The molecule has 2 heterocycles. The topological polar surface area (TPSA) is 99.5 Å². The minimum absolute atomic E-state index is 0.139. The van der Waals surface area contributed by atoms with Crippen molar-refractivity contribution in [1.82, 2.24) is 9.80 Å². The minimum Gasteiger partial charge on any atom is -0.444 e. The lowest BCUT2D eigenvalue weighted by Crippen LogP contribution is -2.35. The van der Waals surface area contributed by atoms with Crippen LogP contribution in [0, 0.1) is 23.7 Å². The first kappa shape index (κ1) is 26.5. The Labute approximate surface area is 181 Å². The summed E-state index contributed by atoms with van der Waals surface area (Å²) in [4.78, 5) is 26.7. The van der Waals surface area contributed by atoms with Crippen molar-refractivity contribution >= 4 is 12.2 Å². The van der Waals surface area contributed by atoms with E-state index in [1.165, 1.54) is 0 Å². The number of nitrogens with zero attached hydrogens (tertiary/aromatic N) is 2. The average Bonchev–Trinajstić information content (AvgIpc) is 3.15. The predicted octanol–water partition coefficient (Wildman–Crippen LogP) is 2.96. The number of carbonyl (C=O) groups is 2. The van der Waals surface area contributed by atoms with Crippen LogP contribution in [-0.4, -0.2) is 82.8 Å². The van der Waals surface area contributed by atoms with Gasteiger partial charge in [-0.15, -0.1) is 0 Å². The van der Waals surface area contributed by atoms with Crippen molar-refractivity contribution in [3.63, 3.8) is 0 Å². The van der Waals surface area contributed by atoms with Gasteiger partial charge in [0, 0.05) is 51.2 Å². The summed E-state index contributed by atoms with van der Waals surface area (Å²) >= 11 is 0. The fraction of sp³-hybridized carbons (Fsp3) is 0.909. The van der Waals surface area contributed by atoms with E-state index in [1.54, 1.807) is 9.80 Å². The molecule has 2 fully saturated rings. The molecule has 2 aliphatic heterocycles. The number of rotatable bonds is 2. The van der Waals surface area contributed by atoms with Crippen molar-refractivity contribution < 1.29 is 29.3 Å². The zero-order valence-electron chi connectivity index (χ0n) is 20.0. The first-order valence-corrected chi connectivity index (χ1v) is 10.8. The summed E-state index contributed by atoms with van der Waals surface area (Å²) in [6.45, 7) is 18.1. The smallest absolute Gasteiger partial charge is 0.410 e. The predicted molar refractivity (Wildman–Crippen MR) is 115 cm³/mol. The zero-order valence-corrected chi connectivity index (χ0v) is 20.0. The van der Waals surface area contributed by atoms with Crippen LogP contribution in [-0.2, 0) is 9.47 Å².